The summed E-state index contributed by atoms with van der Waals surface area (Å²) in [6.07, 6.45) is 0. The molecule has 0 aromatic heterocycles. The molecule has 0 saturated heterocycles. The molecule has 0 fully saturated rings. The summed E-state index contributed by atoms with van der Waals surface area (Å²) in [7, 11) is 0. The van der Waals surface area contributed by atoms with Gasteiger partial charge in [-0.3, -0.25) is 0 Å². The Labute approximate surface area is 59.4 Å². The van der Waals surface area contributed by atoms with Gasteiger partial charge in [0.25, 0.3) is 0 Å². The summed E-state index contributed by atoms with van der Waals surface area (Å²) < 4.78 is 7.14. The van der Waals surface area contributed by atoms with Gasteiger partial charge in [0.2, 0.25) is 0 Å². The molecular weight excluding hydrogens is 143 g/mol. The Balaban J connectivity index is 3.25. The third kappa shape index (κ3) is 1.15. The van der Waals surface area contributed by atoms with E-state index in [9.17, 15) is 0 Å². The van der Waals surface area contributed by atoms with Gasteiger partial charge in [0.05, 0.1) is 11.4 Å². The highest BCUT2D eigenvalue weighted by Crippen LogP contribution is 2.19. The molecule has 0 spiro atoms. The van der Waals surface area contributed by atoms with Crippen LogP contribution in [0.5, 0.6) is 0 Å². The highest BCUT2D eigenvalue weighted by atomic mass is 35.5. The van der Waals surface area contributed by atoms with E-state index >= 15 is 0 Å². The molecule has 0 unspecified atom stereocenters. The van der Waals surface area contributed by atoms with Crippen LogP contribution < -0.4 is 0 Å². The van der Waals surface area contributed by atoms with Crippen LogP contribution in [-0.4, -0.2) is 0 Å². The van der Waals surface area contributed by atoms with E-state index in [0.29, 0.717) is 10.0 Å². The van der Waals surface area contributed by atoms with E-state index < -0.39 is 0 Å². The fourth-order valence-electron chi connectivity index (χ4n) is 0.396. The minimum absolute atomic E-state index is 0.268. The molecule has 0 bridgehead atoms. The van der Waals surface area contributed by atoms with Crippen molar-refractivity contribution in [3.63, 3.8) is 0 Å². The van der Waals surface area contributed by atoms with Crippen molar-refractivity contribution in [1.82, 2.24) is 0 Å². The largest absolute Gasteiger partial charge is 0.0827 e. The number of halogens is 2. The van der Waals surface area contributed by atoms with Gasteiger partial charge < -0.3 is 0 Å². The van der Waals surface area contributed by atoms with E-state index in [1.54, 1.807) is 18.2 Å². The van der Waals surface area contributed by atoms with E-state index in [1.165, 1.54) is 0 Å². The maximum absolute atomic E-state index is 7.14. The maximum atomic E-state index is 7.14. The van der Waals surface area contributed by atoms with Crippen molar-refractivity contribution in [3.8, 4) is 0 Å². The molecule has 0 aliphatic heterocycles. The van der Waals surface area contributed by atoms with E-state index in [4.69, 9.17) is 24.6 Å². The number of hydrogen-bond donors (Lipinski definition) is 0. The van der Waals surface area contributed by atoms with Crippen LogP contribution in [0.2, 0.25) is 10.0 Å². The molecule has 42 valence electrons. The van der Waals surface area contributed by atoms with Gasteiger partial charge in [-0.15, -0.1) is 0 Å². The standard InChI is InChI=1S/C6H4Cl2/c7-5-3-1-2-4-6(5)8/h1-4H/i3D. The van der Waals surface area contributed by atoms with Crippen LogP contribution in [0.1, 0.15) is 1.37 Å². The summed E-state index contributed by atoms with van der Waals surface area (Å²) in [5.41, 5.74) is 0. The van der Waals surface area contributed by atoms with Gasteiger partial charge in [0.1, 0.15) is 0 Å². The van der Waals surface area contributed by atoms with Gasteiger partial charge >= 0.3 is 0 Å². The van der Waals surface area contributed by atoms with Crippen molar-refractivity contribution < 1.29 is 1.37 Å². The lowest BCUT2D eigenvalue weighted by atomic mass is 10.4. The van der Waals surface area contributed by atoms with Crippen LogP contribution in [-0.2, 0) is 0 Å². The molecule has 0 aliphatic carbocycles. The first kappa shape index (κ1) is 4.66. The second-order valence-electron chi connectivity index (χ2n) is 1.33. The average Bonchev–Trinajstić information content (AvgIpc) is 1.83. The van der Waals surface area contributed by atoms with Gasteiger partial charge in [-0.2, -0.15) is 0 Å². The molecule has 1 aromatic carbocycles. The van der Waals surface area contributed by atoms with Gasteiger partial charge in [-0.25, -0.2) is 0 Å². The molecule has 0 aliphatic rings. The quantitative estimate of drug-likeness (QED) is 0.530. The summed E-state index contributed by atoms with van der Waals surface area (Å²) in [6.45, 7) is 0. The Hall–Kier alpha value is -0.200. The lowest BCUT2D eigenvalue weighted by Gasteiger charge is -1.88. The van der Waals surface area contributed by atoms with Crippen molar-refractivity contribution >= 4 is 23.2 Å². The third-order valence-electron chi connectivity index (χ3n) is 0.759. The summed E-state index contributed by atoms with van der Waals surface area (Å²) in [5.74, 6) is 0. The monoisotopic (exact) mass is 147 g/mol. The molecule has 0 heterocycles. The minimum atomic E-state index is 0.268. The molecule has 0 atom stereocenters. The summed E-state index contributed by atoms with van der Waals surface area (Å²) >= 11 is 11.1. The van der Waals surface area contributed by atoms with E-state index in [1.807, 2.05) is 0 Å². The van der Waals surface area contributed by atoms with Crippen molar-refractivity contribution in [2.24, 2.45) is 0 Å². The van der Waals surface area contributed by atoms with Crippen LogP contribution in [0, 0.1) is 0 Å². The van der Waals surface area contributed by atoms with Crippen LogP contribution >= 0.6 is 23.2 Å². The van der Waals surface area contributed by atoms with Crippen LogP contribution in [0.25, 0.3) is 0 Å². The molecule has 8 heavy (non-hydrogen) atoms. The zero-order chi connectivity index (χ0) is 6.85. The second-order valence-corrected chi connectivity index (χ2v) is 2.12. The molecule has 2 heteroatoms. The lowest BCUT2D eigenvalue weighted by molar-refractivity contribution is 1.71. The normalized spacial score (nSPS) is 11.0. The first-order chi connectivity index (χ1) is 4.22. The average molecular weight is 148 g/mol. The molecule has 0 radical (unpaired) electrons. The fraction of sp³-hybridized carbons (Fsp3) is 0. The molecule has 0 N–H and O–H groups in total. The predicted octanol–water partition coefficient (Wildman–Crippen LogP) is 2.99. The molecule has 1 aromatic rings. The molecular formula is C6H4Cl2. The molecule has 0 amide bonds. The second kappa shape index (κ2) is 2.38. The minimum Gasteiger partial charge on any atom is -0.0827 e. The zero-order valence-electron chi connectivity index (χ0n) is 4.99. The SMILES string of the molecule is [2H]c1cccc(Cl)c1Cl. The first-order valence-electron chi connectivity index (χ1n) is 2.62. The zero-order valence-corrected chi connectivity index (χ0v) is 5.50. The highest BCUT2D eigenvalue weighted by molar-refractivity contribution is 6.41. The number of benzene rings is 1. The highest BCUT2D eigenvalue weighted by Gasteiger charge is 1.89. The Morgan fingerprint density at radius 1 is 1.25 bits per heavy atom. The fourth-order valence-corrected chi connectivity index (χ4v) is 0.649. The topological polar surface area (TPSA) is 0 Å². The summed E-state index contributed by atoms with van der Waals surface area (Å²) in [6, 6.07) is 5.20. The number of rotatable bonds is 0. The van der Waals surface area contributed by atoms with Crippen molar-refractivity contribution in [2.75, 3.05) is 0 Å². The lowest BCUT2D eigenvalue weighted by Crippen LogP contribution is -1.62. The third-order valence-corrected chi connectivity index (χ3v) is 1.48. The summed E-state index contributed by atoms with van der Waals surface area (Å²) in [4.78, 5) is 0. The van der Waals surface area contributed by atoms with E-state index in [-0.39, 0.29) is 6.04 Å². The van der Waals surface area contributed by atoms with Crippen molar-refractivity contribution in [3.05, 3.63) is 34.3 Å². The van der Waals surface area contributed by atoms with Gasteiger partial charge in [-0.05, 0) is 12.1 Å². The van der Waals surface area contributed by atoms with Gasteiger partial charge in [-0.1, -0.05) is 35.3 Å². The van der Waals surface area contributed by atoms with Crippen LogP contribution in [0.15, 0.2) is 24.2 Å². The number of hydrogen-bond acceptors (Lipinski definition) is 0. The van der Waals surface area contributed by atoms with E-state index in [0.717, 1.165) is 0 Å². The maximum Gasteiger partial charge on any atom is 0.0639 e. The Kier molecular flexibility index (Phi) is 1.39. The van der Waals surface area contributed by atoms with Crippen LogP contribution in [0.3, 0.4) is 0 Å². The van der Waals surface area contributed by atoms with E-state index in [2.05, 4.69) is 0 Å². The van der Waals surface area contributed by atoms with Crippen molar-refractivity contribution in [2.45, 2.75) is 0 Å². The van der Waals surface area contributed by atoms with Gasteiger partial charge in [0.15, 0.2) is 0 Å². The Bertz CT molecular complexity index is 202. The predicted molar refractivity (Wildman–Crippen MR) is 36.5 cm³/mol. The molecule has 0 saturated carbocycles. The molecule has 0 nitrogen and oxygen atoms in total. The summed E-state index contributed by atoms with van der Waals surface area (Å²) in [5, 5.41) is 0.753. The Morgan fingerprint density at radius 3 is 2.50 bits per heavy atom. The molecule has 1 rings (SSSR count). The van der Waals surface area contributed by atoms with Gasteiger partial charge in [0, 0.05) is 0 Å². The Morgan fingerprint density at radius 2 is 2.00 bits per heavy atom. The van der Waals surface area contributed by atoms with Crippen molar-refractivity contribution in [1.29, 1.82) is 0 Å². The van der Waals surface area contributed by atoms with Crippen LogP contribution in [0.4, 0.5) is 0 Å². The smallest absolute Gasteiger partial charge is 0.0639 e. The first-order valence-corrected chi connectivity index (χ1v) is 2.88.